The second-order valence-electron chi connectivity index (χ2n) is 6.46. The predicted molar refractivity (Wildman–Crippen MR) is 108 cm³/mol. The topological polar surface area (TPSA) is 86.2 Å². The molecule has 9 heteroatoms. The molecule has 3 aromatic rings. The molecule has 0 saturated carbocycles. The molecule has 1 aromatic carbocycles. The van der Waals surface area contributed by atoms with Gasteiger partial charge in [0.15, 0.2) is 11.2 Å². The molecule has 0 amide bonds. The molecule has 142 valence electrons. The van der Waals surface area contributed by atoms with E-state index in [1.165, 1.54) is 17.2 Å². The Morgan fingerprint density at radius 2 is 1.78 bits per heavy atom. The number of fused-ring (bicyclic) bond motifs is 1. The molecule has 0 bridgehead atoms. The SMILES string of the molecule is C/C(CCc1ccc(Cl)cc1)=N\Nc1nc2c(c(=O)n(C)c(=O)n2C)n1C. The summed E-state index contributed by atoms with van der Waals surface area (Å²) in [6.45, 7) is 1.92. The highest BCUT2D eigenvalue weighted by atomic mass is 35.5. The van der Waals surface area contributed by atoms with E-state index in [0.717, 1.165) is 23.1 Å². The second-order valence-corrected chi connectivity index (χ2v) is 6.89. The lowest BCUT2D eigenvalue weighted by atomic mass is 10.1. The largest absolute Gasteiger partial charge is 0.332 e. The van der Waals surface area contributed by atoms with Gasteiger partial charge in [-0.3, -0.25) is 13.9 Å². The molecule has 2 aromatic heterocycles. The van der Waals surface area contributed by atoms with E-state index in [4.69, 9.17) is 11.6 Å². The van der Waals surface area contributed by atoms with Crippen LogP contribution in [0.1, 0.15) is 18.9 Å². The number of imidazole rings is 1. The maximum absolute atomic E-state index is 12.4. The maximum atomic E-state index is 12.4. The van der Waals surface area contributed by atoms with Gasteiger partial charge in [-0.1, -0.05) is 23.7 Å². The Morgan fingerprint density at radius 3 is 2.44 bits per heavy atom. The van der Waals surface area contributed by atoms with Crippen LogP contribution in [0.3, 0.4) is 0 Å². The standard InChI is InChI=1S/C18H21ClN6O2/c1-11(5-6-12-7-9-13(19)10-8-12)21-22-17-20-15-14(23(17)2)16(26)25(4)18(27)24(15)3/h7-10H,5-6H2,1-4H3,(H,20,22)/b21-11+. The molecule has 0 aliphatic rings. The minimum atomic E-state index is -0.417. The van der Waals surface area contributed by atoms with Crippen molar-refractivity contribution < 1.29 is 0 Å². The van der Waals surface area contributed by atoms with Crippen molar-refractivity contribution in [3.05, 3.63) is 55.7 Å². The van der Waals surface area contributed by atoms with Gasteiger partial charge in [0.05, 0.1) is 0 Å². The zero-order valence-corrected chi connectivity index (χ0v) is 16.4. The molecular weight excluding hydrogens is 368 g/mol. The first-order valence-corrected chi connectivity index (χ1v) is 8.83. The Morgan fingerprint density at radius 1 is 1.11 bits per heavy atom. The van der Waals surface area contributed by atoms with Gasteiger partial charge in [-0.05, 0) is 37.5 Å². The lowest BCUT2D eigenvalue weighted by Crippen LogP contribution is -2.37. The van der Waals surface area contributed by atoms with Crippen molar-refractivity contribution in [2.24, 2.45) is 26.2 Å². The van der Waals surface area contributed by atoms with Crippen LogP contribution in [0.4, 0.5) is 5.95 Å². The monoisotopic (exact) mass is 388 g/mol. The van der Waals surface area contributed by atoms with Crippen molar-refractivity contribution in [2.75, 3.05) is 5.43 Å². The minimum absolute atomic E-state index is 0.321. The molecule has 8 nitrogen and oxygen atoms in total. The average Bonchev–Trinajstić information content (AvgIpc) is 2.99. The van der Waals surface area contributed by atoms with E-state index in [2.05, 4.69) is 15.5 Å². The van der Waals surface area contributed by atoms with E-state index in [1.54, 1.807) is 18.7 Å². The number of rotatable bonds is 5. The summed E-state index contributed by atoms with van der Waals surface area (Å²) in [7, 11) is 4.74. The third-order valence-corrected chi connectivity index (χ3v) is 4.76. The van der Waals surface area contributed by atoms with Gasteiger partial charge in [0.2, 0.25) is 5.95 Å². The maximum Gasteiger partial charge on any atom is 0.332 e. The summed E-state index contributed by atoms with van der Waals surface area (Å²) in [4.78, 5) is 28.8. The van der Waals surface area contributed by atoms with E-state index < -0.39 is 5.69 Å². The highest BCUT2D eigenvalue weighted by Crippen LogP contribution is 2.14. The average molecular weight is 389 g/mol. The van der Waals surface area contributed by atoms with Gasteiger partial charge >= 0.3 is 5.69 Å². The number of aryl methyl sites for hydroxylation is 3. The summed E-state index contributed by atoms with van der Waals surface area (Å²) in [5.74, 6) is 0.397. The first-order chi connectivity index (χ1) is 12.8. The number of hydrogen-bond acceptors (Lipinski definition) is 5. The summed E-state index contributed by atoms with van der Waals surface area (Å²) >= 11 is 5.89. The van der Waals surface area contributed by atoms with Gasteiger partial charge in [0.1, 0.15) is 0 Å². The second kappa shape index (κ2) is 7.40. The first-order valence-electron chi connectivity index (χ1n) is 8.45. The number of hydrogen-bond donors (Lipinski definition) is 1. The molecule has 0 fully saturated rings. The highest BCUT2D eigenvalue weighted by Gasteiger charge is 2.16. The Kier molecular flexibility index (Phi) is 5.18. The molecule has 0 aliphatic heterocycles. The van der Waals surface area contributed by atoms with Gasteiger partial charge < -0.3 is 4.57 Å². The van der Waals surface area contributed by atoms with Crippen molar-refractivity contribution in [2.45, 2.75) is 19.8 Å². The Balaban J connectivity index is 1.81. The van der Waals surface area contributed by atoms with Crippen LogP contribution in [-0.4, -0.2) is 24.4 Å². The number of benzene rings is 1. The smallest absolute Gasteiger partial charge is 0.306 e. The van der Waals surface area contributed by atoms with E-state index in [0.29, 0.717) is 22.1 Å². The fraction of sp³-hybridized carbons (Fsp3) is 0.333. The van der Waals surface area contributed by atoms with Crippen molar-refractivity contribution in [3.63, 3.8) is 0 Å². The summed E-state index contributed by atoms with van der Waals surface area (Å²) in [6.07, 6.45) is 1.60. The molecule has 0 unspecified atom stereocenters. The van der Waals surface area contributed by atoms with Crippen molar-refractivity contribution in [3.8, 4) is 0 Å². The third-order valence-electron chi connectivity index (χ3n) is 4.51. The number of nitrogens with zero attached hydrogens (tertiary/aromatic N) is 5. The van der Waals surface area contributed by atoms with Crippen molar-refractivity contribution in [1.29, 1.82) is 0 Å². The summed E-state index contributed by atoms with van der Waals surface area (Å²) in [5.41, 5.74) is 4.82. The van der Waals surface area contributed by atoms with E-state index >= 15 is 0 Å². The Bertz CT molecular complexity index is 1140. The summed E-state index contributed by atoms with van der Waals surface area (Å²) < 4.78 is 4.01. The van der Waals surface area contributed by atoms with Crippen molar-refractivity contribution in [1.82, 2.24) is 18.7 Å². The predicted octanol–water partition coefficient (Wildman–Crippen LogP) is 2.04. The molecule has 0 aliphatic carbocycles. The number of nitrogens with one attached hydrogen (secondary N) is 1. The lowest BCUT2D eigenvalue weighted by molar-refractivity contribution is 0.705. The number of aromatic nitrogens is 4. The van der Waals surface area contributed by atoms with Gasteiger partial charge in [-0.2, -0.15) is 10.1 Å². The van der Waals surface area contributed by atoms with Crippen LogP contribution in [0.15, 0.2) is 39.0 Å². The molecule has 3 rings (SSSR count). The van der Waals surface area contributed by atoms with Gasteiger partial charge in [0, 0.05) is 31.9 Å². The van der Waals surface area contributed by atoms with E-state index in [-0.39, 0.29) is 5.56 Å². The van der Waals surface area contributed by atoms with Crippen molar-refractivity contribution >= 4 is 34.4 Å². The van der Waals surface area contributed by atoms with Crippen LogP contribution in [0.2, 0.25) is 5.02 Å². The number of anilines is 1. The zero-order chi connectivity index (χ0) is 19.7. The molecule has 0 saturated heterocycles. The number of hydrazone groups is 1. The molecule has 0 atom stereocenters. The van der Waals surface area contributed by atoms with Crippen LogP contribution in [0.5, 0.6) is 0 Å². The van der Waals surface area contributed by atoms with Crippen LogP contribution < -0.4 is 16.7 Å². The van der Waals surface area contributed by atoms with E-state index in [1.807, 2.05) is 31.2 Å². The van der Waals surface area contributed by atoms with E-state index in [9.17, 15) is 9.59 Å². The Hall–Kier alpha value is -2.87. The Labute approximate surface area is 160 Å². The molecule has 0 spiro atoms. The lowest BCUT2D eigenvalue weighted by Gasteiger charge is -2.04. The molecule has 1 N–H and O–H groups in total. The molecule has 0 radical (unpaired) electrons. The van der Waals surface area contributed by atoms with Crippen LogP contribution in [-0.2, 0) is 27.6 Å². The quantitative estimate of drug-likeness (QED) is 0.535. The highest BCUT2D eigenvalue weighted by molar-refractivity contribution is 6.30. The zero-order valence-electron chi connectivity index (χ0n) is 15.7. The fourth-order valence-electron chi connectivity index (χ4n) is 2.80. The van der Waals surface area contributed by atoms with Crippen LogP contribution in [0, 0.1) is 0 Å². The molecule has 2 heterocycles. The summed E-state index contributed by atoms with van der Waals surface area (Å²) in [5, 5.41) is 5.06. The minimum Gasteiger partial charge on any atom is -0.306 e. The molecular formula is C18H21ClN6O2. The van der Waals surface area contributed by atoms with Gasteiger partial charge in [-0.25, -0.2) is 10.2 Å². The third kappa shape index (κ3) is 3.66. The van der Waals surface area contributed by atoms with Gasteiger partial charge in [-0.15, -0.1) is 0 Å². The van der Waals surface area contributed by atoms with Crippen LogP contribution in [0.25, 0.3) is 11.2 Å². The molecule has 27 heavy (non-hydrogen) atoms. The fourth-order valence-corrected chi connectivity index (χ4v) is 2.92. The first kappa shape index (κ1) is 18.9. The normalized spacial score (nSPS) is 12.0. The van der Waals surface area contributed by atoms with Crippen LogP contribution >= 0.6 is 11.6 Å². The number of halogens is 1. The summed E-state index contributed by atoms with van der Waals surface area (Å²) in [6, 6.07) is 7.72. The van der Waals surface area contributed by atoms with Gasteiger partial charge in [0.25, 0.3) is 5.56 Å².